The fourth-order valence-electron chi connectivity index (χ4n) is 1.93. The molecule has 2 N–H and O–H groups in total. The van der Waals surface area contributed by atoms with E-state index in [1.54, 1.807) is 0 Å². The fraction of sp³-hybridized carbons (Fsp3) is 0.600. The molecule has 3 nitrogen and oxygen atoms in total. The molecular weight excluding hydrogens is 162 g/mol. The molecule has 0 amide bonds. The summed E-state index contributed by atoms with van der Waals surface area (Å²) in [6.07, 6.45) is 4.52. The van der Waals surface area contributed by atoms with E-state index in [1.165, 1.54) is 12.8 Å². The van der Waals surface area contributed by atoms with Crippen LogP contribution in [0.25, 0.3) is 0 Å². The Kier molecular flexibility index (Phi) is 2.04. The highest BCUT2D eigenvalue weighted by Crippen LogP contribution is 2.34. The van der Waals surface area contributed by atoms with Crippen LogP contribution in [0.4, 0.5) is 0 Å². The fourth-order valence-corrected chi connectivity index (χ4v) is 1.93. The van der Waals surface area contributed by atoms with Crippen LogP contribution in [-0.2, 0) is 5.54 Å². The highest BCUT2D eigenvalue weighted by molar-refractivity contribution is 5.16. The lowest BCUT2D eigenvalue weighted by Crippen LogP contribution is -2.34. The third kappa shape index (κ3) is 1.56. The maximum absolute atomic E-state index is 6.23. The molecule has 70 valence electrons. The first-order chi connectivity index (χ1) is 6.21. The number of aryl methyl sites for hydroxylation is 1. The minimum atomic E-state index is -0.194. The van der Waals surface area contributed by atoms with E-state index in [9.17, 15) is 0 Å². The highest BCUT2D eigenvalue weighted by Gasteiger charge is 2.32. The summed E-state index contributed by atoms with van der Waals surface area (Å²) in [7, 11) is 0. The summed E-state index contributed by atoms with van der Waals surface area (Å²) in [6.45, 7) is 1.94. The van der Waals surface area contributed by atoms with Gasteiger partial charge in [0.2, 0.25) is 0 Å². The molecule has 13 heavy (non-hydrogen) atoms. The molecule has 1 fully saturated rings. The number of aromatic nitrogens is 2. The Hall–Kier alpha value is -0.960. The van der Waals surface area contributed by atoms with Gasteiger partial charge in [-0.2, -0.15) is 10.2 Å². The van der Waals surface area contributed by atoms with Crippen molar-refractivity contribution < 1.29 is 0 Å². The summed E-state index contributed by atoms with van der Waals surface area (Å²) in [5, 5.41) is 8.20. The van der Waals surface area contributed by atoms with E-state index in [2.05, 4.69) is 10.2 Å². The minimum absolute atomic E-state index is 0.194. The van der Waals surface area contributed by atoms with Crippen LogP contribution in [0, 0.1) is 6.92 Å². The molecule has 3 heteroatoms. The van der Waals surface area contributed by atoms with Crippen molar-refractivity contribution in [3.8, 4) is 0 Å². The normalized spacial score (nSPS) is 20.5. The standard InChI is InChI=1S/C10H15N3/c1-8-4-5-9(13-12-8)10(11)6-2-3-7-10/h4-5H,2-3,6-7,11H2,1H3. The summed E-state index contributed by atoms with van der Waals surface area (Å²) in [5.41, 5.74) is 7.94. The van der Waals surface area contributed by atoms with Gasteiger partial charge in [0.15, 0.2) is 0 Å². The summed E-state index contributed by atoms with van der Waals surface area (Å²) in [5.74, 6) is 0. The molecule has 0 unspecified atom stereocenters. The number of hydrogen-bond donors (Lipinski definition) is 1. The molecule has 0 bridgehead atoms. The van der Waals surface area contributed by atoms with Crippen molar-refractivity contribution in [3.05, 3.63) is 23.5 Å². The van der Waals surface area contributed by atoms with Crippen molar-refractivity contribution in [3.63, 3.8) is 0 Å². The zero-order valence-electron chi connectivity index (χ0n) is 7.95. The van der Waals surface area contributed by atoms with Crippen molar-refractivity contribution >= 4 is 0 Å². The number of nitrogens with zero attached hydrogens (tertiary/aromatic N) is 2. The molecule has 2 rings (SSSR count). The molecule has 1 aliphatic rings. The highest BCUT2D eigenvalue weighted by atomic mass is 15.1. The van der Waals surface area contributed by atoms with Gasteiger partial charge in [0.25, 0.3) is 0 Å². The van der Waals surface area contributed by atoms with Crippen LogP contribution in [-0.4, -0.2) is 10.2 Å². The van der Waals surface area contributed by atoms with E-state index in [-0.39, 0.29) is 5.54 Å². The van der Waals surface area contributed by atoms with Crippen LogP contribution in [0.2, 0.25) is 0 Å². The Labute approximate surface area is 78.4 Å². The van der Waals surface area contributed by atoms with Gasteiger partial charge in [-0.15, -0.1) is 0 Å². The second-order valence-electron chi connectivity index (χ2n) is 3.92. The van der Waals surface area contributed by atoms with Crippen LogP contribution in [0.1, 0.15) is 37.1 Å². The summed E-state index contributed by atoms with van der Waals surface area (Å²) < 4.78 is 0. The van der Waals surface area contributed by atoms with Crippen molar-refractivity contribution in [1.29, 1.82) is 0 Å². The Morgan fingerprint density at radius 1 is 1.23 bits per heavy atom. The Bertz CT molecular complexity index is 286. The van der Waals surface area contributed by atoms with Crippen LogP contribution in [0.3, 0.4) is 0 Å². The Morgan fingerprint density at radius 3 is 2.46 bits per heavy atom. The van der Waals surface area contributed by atoms with Gasteiger partial charge in [0, 0.05) is 0 Å². The zero-order chi connectivity index (χ0) is 9.31. The smallest absolute Gasteiger partial charge is 0.0829 e. The van der Waals surface area contributed by atoms with Crippen molar-refractivity contribution in [2.24, 2.45) is 5.73 Å². The molecule has 0 saturated heterocycles. The summed E-state index contributed by atoms with van der Waals surface area (Å²) in [6, 6.07) is 3.99. The molecule has 1 saturated carbocycles. The van der Waals surface area contributed by atoms with E-state index in [0.717, 1.165) is 24.2 Å². The maximum atomic E-state index is 6.23. The third-order valence-corrected chi connectivity index (χ3v) is 2.80. The van der Waals surface area contributed by atoms with Crippen LogP contribution in [0.5, 0.6) is 0 Å². The molecule has 0 aromatic carbocycles. The minimum Gasteiger partial charge on any atom is -0.320 e. The second-order valence-corrected chi connectivity index (χ2v) is 3.92. The second kappa shape index (κ2) is 3.07. The van der Waals surface area contributed by atoms with Gasteiger partial charge in [-0.05, 0) is 31.9 Å². The zero-order valence-corrected chi connectivity index (χ0v) is 7.95. The van der Waals surface area contributed by atoms with E-state index >= 15 is 0 Å². The first-order valence-corrected chi connectivity index (χ1v) is 4.80. The van der Waals surface area contributed by atoms with Gasteiger partial charge >= 0.3 is 0 Å². The van der Waals surface area contributed by atoms with E-state index < -0.39 is 0 Å². The summed E-state index contributed by atoms with van der Waals surface area (Å²) >= 11 is 0. The maximum Gasteiger partial charge on any atom is 0.0829 e. The van der Waals surface area contributed by atoms with E-state index in [0.29, 0.717) is 0 Å². The van der Waals surface area contributed by atoms with Gasteiger partial charge in [-0.1, -0.05) is 12.8 Å². The number of nitrogens with two attached hydrogens (primary N) is 1. The Morgan fingerprint density at radius 2 is 1.92 bits per heavy atom. The lowest BCUT2D eigenvalue weighted by molar-refractivity contribution is 0.441. The van der Waals surface area contributed by atoms with Crippen molar-refractivity contribution in [1.82, 2.24) is 10.2 Å². The lowest BCUT2D eigenvalue weighted by Gasteiger charge is -2.21. The van der Waals surface area contributed by atoms with Gasteiger partial charge in [0.05, 0.1) is 16.9 Å². The molecule has 0 radical (unpaired) electrons. The summed E-state index contributed by atoms with van der Waals surface area (Å²) in [4.78, 5) is 0. The molecule has 0 aliphatic heterocycles. The number of rotatable bonds is 1. The molecule has 1 aliphatic carbocycles. The van der Waals surface area contributed by atoms with Gasteiger partial charge < -0.3 is 5.73 Å². The number of hydrogen-bond acceptors (Lipinski definition) is 3. The first-order valence-electron chi connectivity index (χ1n) is 4.80. The molecular formula is C10H15N3. The molecule has 1 aromatic heterocycles. The largest absolute Gasteiger partial charge is 0.320 e. The van der Waals surface area contributed by atoms with Crippen molar-refractivity contribution in [2.45, 2.75) is 38.1 Å². The lowest BCUT2D eigenvalue weighted by atomic mass is 9.94. The van der Waals surface area contributed by atoms with E-state index in [4.69, 9.17) is 5.73 Å². The topological polar surface area (TPSA) is 51.8 Å². The van der Waals surface area contributed by atoms with Crippen LogP contribution >= 0.6 is 0 Å². The average Bonchev–Trinajstić information content (AvgIpc) is 2.54. The monoisotopic (exact) mass is 177 g/mol. The molecule has 0 atom stereocenters. The van der Waals surface area contributed by atoms with E-state index in [1.807, 2.05) is 19.1 Å². The van der Waals surface area contributed by atoms with Crippen molar-refractivity contribution in [2.75, 3.05) is 0 Å². The Balaban J connectivity index is 2.29. The van der Waals surface area contributed by atoms with Crippen LogP contribution < -0.4 is 5.73 Å². The molecule has 0 spiro atoms. The average molecular weight is 177 g/mol. The first kappa shape index (κ1) is 8.63. The molecule has 1 aromatic rings. The third-order valence-electron chi connectivity index (χ3n) is 2.80. The molecule has 1 heterocycles. The quantitative estimate of drug-likeness (QED) is 0.707. The van der Waals surface area contributed by atoms with Crippen LogP contribution in [0.15, 0.2) is 12.1 Å². The predicted octanol–water partition coefficient (Wildman–Crippen LogP) is 1.51. The van der Waals surface area contributed by atoms with Gasteiger partial charge in [0.1, 0.15) is 0 Å². The van der Waals surface area contributed by atoms with Gasteiger partial charge in [-0.3, -0.25) is 0 Å². The van der Waals surface area contributed by atoms with Gasteiger partial charge in [-0.25, -0.2) is 0 Å². The SMILES string of the molecule is Cc1ccc(C2(N)CCCC2)nn1. The predicted molar refractivity (Wildman–Crippen MR) is 51.1 cm³/mol.